The third-order valence-electron chi connectivity index (χ3n) is 5.04. The molecule has 0 aromatic carbocycles. The zero-order valence-electron chi connectivity index (χ0n) is 21.6. The molecule has 0 unspecified atom stereocenters. The Bertz CT molecular complexity index is 696. The van der Waals surface area contributed by atoms with Gasteiger partial charge in [-0.25, -0.2) is 15.1 Å². The molecule has 0 bridgehead atoms. The number of nitrogens with one attached hydrogen (secondary N) is 3. The first-order valence-corrected chi connectivity index (χ1v) is 12.5. The first kappa shape index (κ1) is 33.3. The normalized spacial score (nSPS) is 13.4. The summed E-state index contributed by atoms with van der Waals surface area (Å²) in [7, 11) is -2.07. The summed E-state index contributed by atoms with van der Waals surface area (Å²) in [6, 6.07) is -0.967. The summed E-state index contributed by atoms with van der Waals surface area (Å²) in [6.07, 6.45) is 10.6. The average molecular weight is 514 g/mol. The van der Waals surface area contributed by atoms with Gasteiger partial charge in [0.15, 0.2) is 5.03 Å². The number of hydrogen-bond acceptors (Lipinski definition) is 8. The Labute approximate surface area is 213 Å². The fraction of sp³-hybridized carbons (Fsp3) is 0.773. The first-order chi connectivity index (χ1) is 17.0. The molecule has 0 aromatic rings. The molecular formula is C22H43BN6O7. The van der Waals surface area contributed by atoms with Crippen LogP contribution in [0.25, 0.3) is 0 Å². The predicted molar refractivity (Wildman–Crippen MR) is 138 cm³/mol. The van der Waals surface area contributed by atoms with Crippen molar-refractivity contribution in [1.29, 1.82) is 0 Å². The van der Waals surface area contributed by atoms with Crippen molar-refractivity contribution in [3.05, 3.63) is 22.3 Å². The zero-order chi connectivity index (χ0) is 27.3. The smallest absolute Gasteiger partial charge is 0.402 e. The van der Waals surface area contributed by atoms with E-state index >= 15 is 0 Å². The van der Waals surface area contributed by atoms with Crippen molar-refractivity contribution in [2.45, 2.75) is 97.2 Å². The van der Waals surface area contributed by atoms with Crippen molar-refractivity contribution in [1.82, 2.24) is 16.1 Å². The lowest BCUT2D eigenvalue weighted by atomic mass is 10.1. The summed E-state index contributed by atoms with van der Waals surface area (Å²) in [5, 5.41) is 33.1. The molecule has 0 aliphatic rings. The zero-order valence-corrected chi connectivity index (χ0v) is 21.6. The molecule has 0 spiro atoms. The van der Waals surface area contributed by atoms with Crippen molar-refractivity contribution < 1.29 is 29.3 Å². The lowest BCUT2D eigenvalue weighted by molar-refractivity contribution is -0.525. The number of amides is 2. The molecule has 14 heteroatoms. The monoisotopic (exact) mass is 514 g/mol. The van der Waals surface area contributed by atoms with Crippen LogP contribution in [0, 0.1) is 16.0 Å². The van der Waals surface area contributed by atoms with Crippen molar-refractivity contribution in [2.24, 2.45) is 16.6 Å². The van der Waals surface area contributed by atoms with Crippen LogP contribution in [-0.2, 0) is 14.2 Å². The van der Waals surface area contributed by atoms with Crippen LogP contribution in [0.5, 0.6) is 0 Å². The molecule has 2 atom stereocenters. The third kappa shape index (κ3) is 19.6. The molecule has 0 aliphatic heterocycles. The molecule has 7 N–H and O–H groups in total. The van der Waals surface area contributed by atoms with Crippen molar-refractivity contribution in [3.8, 4) is 0 Å². The van der Waals surface area contributed by atoms with Crippen LogP contribution < -0.4 is 21.8 Å². The van der Waals surface area contributed by atoms with Crippen LogP contribution in [-0.4, -0.2) is 59.0 Å². The maximum absolute atomic E-state index is 12.9. The average Bonchev–Trinajstić information content (AvgIpc) is 2.76. The van der Waals surface area contributed by atoms with Crippen LogP contribution in [0.3, 0.4) is 0 Å². The standard InChI is InChI=1S/C22H43BN6O7/c1-4-5-6-7-8-9-10-11-14-19(30)26-18(13-12-15-25-22(24)28-29(34)35)21(31)27-20(16-17(2)3)36-23(32)33/h11,14,17-18,20,32-33H,4-10,12-13,15-16H2,1-3H3,(H,26,30)(H,27,31)(H3,24,25,28)/t18-,20+/m0/s1. The van der Waals surface area contributed by atoms with Gasteiger partial charge in [0, 0.05) is 6.54 Å². The van der Waals surface area contributed by atoms with Gasteiger partial charge in [0.05, 0.1) is 0 Å². The molecule has 0 heterocycles. The van der Waals surface area contributed by atoms with Gasteiger partial charge < -0.3 is 31.1 Å². The van der Waals surface area contributed by atoms with E-state index < -0.39 is 36.4 Å². The molecule has 0 rings (SSSR count). The number of nitrogens with zero attached hydrogens (tertiary/aromatic N) is 2. The minimum absolute atomic E-state index is 0.0819. The van der Waals surface area contributed by atoms with E-state index in [4.69, 9.17) is 20.4 Å². The van der Waals surface area contributed by atoms with Gasteiger partial charge in [0.2, 0.25) is 11.8 Å². The van der Waals surface area contributed by atoms with Gasteiger partial charge in [0.1, 0.15) is 12.3 Å². The molecule has 0 saturated carbocycles. The van der Waals surface area contributed by atoms with Crippen LogP contribution in [0.4, 0.5) is 0 Å². The lowest BCUT2D eigenvalue weighted by Crippen LogP contribution is -2.51. The number of carbonyl (C=O) groups is 2. The molecular weight excluding hydrogens is 471 g/mol. The Hall–Kier alpha value is -2.71. The highest BCUT2D eigenvalue weighted by Gasteiger charge is 2.26. The van der Waals surface area contributed by atoms with E-state index in [0.717, 1.165) is 19.3 Å². The molecule has 0 radical (unpaired) electrons. The van der Waals surface area contributed by atoms with Crippen LogP contribution >= 0.6 is 0 Å². The number of aliphatic imine (C=N–C) groups is 1. The number of nitrogens with two attached hydrogens (primary N) is 1. The number of rotatable bonds is 20. The van der Waals surface area contributed by atoms with Gasteiger partial charge in [-0.2, -0.15) is 0 Å². The number of hydrazine groups is 1. The summed E-state index contributed by atoms with van der Waals surface area (Å²) < 4.78 is 4.95. The Balaban J connectivity index is 4.99. The highest BCUT2D eigenvalue weighted by Crippen LogP contribution is 2.09. The number of carbonyl (C=O) groups excluding carboxylic acids is 2. The minimum atomic E-state index is -2.07. The summed E-state index contributed by atoms with van der Waals surface area (Å²) in [6.45, 7) is 6.00. The predicted octanol–water partition coefficient (Wildman–Crippen LogP) is 1.13. The summed E-state index contributed by atoms with van der Waals surface area (Å²) >= 11 is 0. The van der Waals surface area contributed by atoms with Gasteiger partial charge in [0.25, 0.3) is 5.96 Å². The number of unbranched alkanes of at least 4 members (excludes halogenated alkanes) is 6. The summed E-state index contributed by atoms with van der Waals surface area (Å²) in [4.78, 5) is 39.5. The van der Waals surface area contributed by atoms with Gasteiger partial charge in [-0.15, -0.1) is 0 Å². The molecule has 0 fully saturated rings. The van der Waals surface area contributed by atoms with E-state index in [9.17, 15) is 19.7 Å². The second-order valence-electron chi connectivity index (χ2n) is 8.89. The fourth-order valence-corrected chi connectivity index (χ4v) is 3.33. The topological polar surface area (TPSA) is 201 Å². The second-order valence-corrected chi connectivity index (χ2v) is 8.89. The molecule has 0 aliphatic carbocycles. The number of guanidine groups is 1. The van der Waals surface area contributed by atoms with E-state index in [-0.39, 0.29) is 31.3 Å². The van der Waals surface area contributed by atoms with Crippen LogP contribution in [0.15, 0.2) is 17.1 Å². The van der Waals surface area contributed by atoms with E-state index in [1.165, 1.54) is 31.8 Å². The van der Waals surface area contributed by atoms with E-state index in [1.54, 1.807) is 11.5 Å². The SMILES string of the molecule is CCCCCCCCC=CC(=O)N[C@@H](CCCN=C(N)N[N+](=O)[O-])C(=O)N[C@@H](CC(C)C)OB(O)O. The van der Waals surface area contributed by atoms with Crippen molar-refractivity contribution >= 4 is 25.1 Å². The number of hydrogen-bond donors (Lipinski definition) is 6. The lowest BCUT2D eigenvalue weighted by Gasteiger charge is -2.24. The Morgan fingerprint density at radius 1 is 1.14 bits per heavy atom. The highest BCUT2D eigenvalue weighted by atomic mass is 16.7. The van der Waals surface area contributed by atoms with E-state index in [1.807, 2.05) is 13.8 Å². The van der Waals surface area contributed by atoms with E-state index in [0.29, 0.717) is 6.42 Å². The van der Waals surface area contributed by atoms with Gasteiger partial charge in [-0.3, -0.25) is 9.59 Å². The van der Waals surface area contributed by atoms with Gasteiger partial charge in [-0.1, -0.05) is 64.4 Å². The van der Waals surface area contributed by atoms with Gasteiger partial charge >= 0.3 is 7.32 Å². The van der Waals surface area contributed by atoms with E-state index in [2.05, 4.69) is 22.5 Å². The Morgan fingerprint density at radius 3 is 2.42 bits per heavy atom. The first-order valence-electron chi connectivity index (χ1n) is 12.5. The fourth-order valence-electron chi connectivity index (χ4n) is 3.33. The Kier molecular flexibility index (Phi) is 18.9. The molecule has 206 valence electrons. The highest BCUT2D eigenvalue weighted by molar-refractivity contribution is 6.32. The maximum Gasteiger partial charge on any atom is 0.635 e. The molecule has 36 heavy (non-hydrogen) atoms. The Morgan fingerprint density at radius 2 is 1.81 bits per heavy atom. The minimum Gasteiger partial charge on any atom is -0.402 e. The maximum atomic E-state index is 12.9. The number of allylic oxidation sites excluding steroid dienone is 1. The number of nitro groups is 1. The molecule has 0 saturated heterocycles. The summed E-state index contributed by atoms with van der Waals surface area (Å²) in [5.41, 5.74) is 7.10. The third-order valence-corrected chi connectivity index (χ3v) is 5.04. The molecule has 2 amide bonds. The quantitative estimate of drug-likeness (QED) is 0.0201. The summed E-state index contributed by atoms with van der Waals surface area (Å²) in [5.74, 6) is -1.30. The van der Waals surface area contributed by atoms with Crippen molar-refractivity contribution in [3.63, 3.8) is 0 Å². The van der Waals surface area contributed by atoms with Crippen molar-refractivity contribution in [2.75, 3.05) is 6.54 Å². The van der Waals surface area contributed by atoms with Crippen LogP contribution in [0.1, 0.15) is 85.0 Å². The van der Waals surface area contributed by atoms with Crippen LogP contribution in [0.2, 0.25) is 0 Å². The second kappa shape index (κ2) is 20.5. The molecule has 0 aromatic heterocycles. The van der Waals surface area contributed by atoms with Gasteiger partial charge in [-0.05, 0) is 44.1 Å². The molecule has 13 nitrogen and oxygen atoms in total. The largest absolute Gasteiger partial charge is 0.635 e.